The molecule has 80 valence electrons. The zero-order valence-corrected chi connectivity index (χ0v) is 9.79. The van der Waals surface area contributed by atoms with Crippen LogP contribution in [0.5, 0.6) is 0 Å². The van der Waals surface area contributed by atoms with E-state index >= 15 is 0 Å². The fourth-order valence-electron chi connectivity index (χ4n) is 1.48. The maximum atomic E-state index is 5.65. The molecule has 0 spiro atoms. The Hall–Kier alpha value is -1.13. The number of hydrogen-bond acceptors (Lipinski definition) is 4. The second-order valence-electron chi connectivity index (χ2n) is 3.70. The van der Waals surface area contributed by atoms with Gasteiger partial charge < -0.3 is 10.6 Å². The van der Waals surface area contributed by atoms with Crippen molar-refractivity contribution < 1.29 is 0 Å². The molecule has 3 nitrogen and oxygen atoms in total. The van der Waals surface area contributed by atoms with Crippen LogP contribution in [-0.2, 0) is 0 Å². The summed E-state index contributed by atoms with van der Waals surface area (Å²) in [7, 11) is 2.07. The van der Waals surface area contributed by atoms with Gasteiger partial charge in [-0.25, -0.2) is 4.98 Å². The monoisotopic (exact) mass is 221 g/mol. The first-order valence-electron chi connectivity index (χ1n) is 4.98. The average molecular weight is 221 g/mol. The first-order chi connectivity index (χ1) is 7.22. The van der Waals surface area contributed by atoms with Crippen LogP contribution in [0.25, 0.3) is 10.2 Å². The van der Waals surface area contributed by atoms with Gasteiger partial charge >= 0.3 is 0 Å². The highest BCUT2D eigenvalue weighted by Gasteiger charge is 2.08. The molecule has 1 aromatic carbocycles. The maximum Gasteiger partial charge on any atom is 0.0813 e. The van der Waals surface area contributed by atoms with Gasteiger partial charge in [-0.15, -0.1) is 11.3 Å². The molecule has 0 bridgehead atoms. The normalized spacial score (nSPS) is 13.0. The molecule has 0 saturated carbocycles. The zero-order chi connectivity index (χ0) is 10.8. The minimum atomic E-state index is 0.357. The van der Waals surface area contributed by atoms with Gasteiger partial charge in [0.2, 0.25) is 0 Å². The molecule has 1 heterocycles. The van der Waals surface area contributed by atoms with Crippen molar-refractivity contribution in [2.45, 2.75) is 13.0 Å². The Morgan fingerprint density at radius 3 is 3.07 bits per heavy atom. The third kappa shape index (κ3) is 1.96. The summed E-state index contributed by atoms with van der Waals surface area (Å²) in [6.07, 6.45) is 0. The molecule has 1 aromatic heterocycles. The van der Waals surface area contributed by atoms with Gasteiger partial charge in [0.15, 0.2) is 0 Å². The molecule has 0 radical (unpaired) electrons. The standard InChI is InChI=1S/C11H15N3S/c1-8(6-12)14(2)9-3-4-10-11(5-9)15-7-13-10/h3-5,7-8H,6,12H2,1-2H3. The first kappa shape index (κ1) is 10.4. The molecule has 0 fully saturated rings. The first-order valence-corrected chi connectivity index (χ1v) is 5.86. The lowest BCUT2D eigenvalue weighted by Crippen LogP contribution is -2.35. The lowest BCUT2D eigenvalue weighted by atomic mass is 10.2. The summed E-state index contributed by atoms with van der Waals surface area (Å²) in [5.41, 5.74) is 9.79. The van der Waals surface area contributed by atoms with Crippen LogP contribution in [0.2, 0.25) is 0 Å². The molecule has 15 heavy (non-hydrogen) atoms. The topological polar surface area (TPSA) is 42.1 Å². The second-order valence-corrected chi connectivity index (χ2v) is 4.59. The van der Waals surface area contributed by atoms with Gasteiger partial charge in [-0.1, -0.05) is 0 Å². The Morgan fingerprint density at radius 1 is 1.53 bits per heavy atom. The number of rotatable bonds is 3. The molecule has 4 heteroatoms. The highest BCUT2D eigenvalue weighted by atomic mass is 32.1. The zero-order valence-electron chi connectivity index (χ0n) is 8.97. The van der Waals surface area contributed by atoms with E-state index in [1.165, 1.54) is 10.4 Å². The van der Waals surface area contributed by atoms with Crippen molar-refractivity contribution >= 4 is 27.2 Å². The van der Waals surface area contributed by atoms with E-state index in [1.54, 1.807) is 11.3 Å². The van der Waals surface area contributed by atoms with E-state index < -0.39 is 0 Å². The van der Waals surface area contributed by atoms with Crippen LogP contribution in [0.4, 0.5) is 5.69 Å². The Balaban J connectivity index is 2.35. The van der Waals surface area contributed by atoms with Gasteiger partial charge in [0, 0.05) is 25.3 Å². The van der Waals surface area contributed by atoms with E-state index in [-0.39, 0.29) is 0 Å². The summed E-state index contributed by atoms with van der Waals surface area (Å²) in [6.45, 7) is 2.79. The summed E-state index contributed by atoms with van der Waals surface area (Å²) in [5.74, 6) is 0. The van der Waals surface area contributed by atoms with Gasteiger partial charge in [-0.2, -0.15) is 0 Å². The van der Waals surface area contributed by atoms with Crippen molar-refractivity contribution in [1.29, 1.82) is 0 Å². The largest absolute Gasteiger partial charge is 0.371 e. The molecule has 0 aliphatic rings. The lowest BCUT2D eigenvalue weighted by Gasteiger charge is -2.25. The summed E-state index contributed by atoms with van der Waals surface area (Å²) >= 11 is 1.67. The second kappa shape index (κ2) is 4.16. The van der Waals surface area contributed by atoms with Crippen molar-refractivity contribution in [2.75, 3.05) is 18.5 Å². The van der Waals surface area contributed by atoms with E-state index in [1.807, 2.05) is 5.51 Å². The van der Waals surface area contributed by atoms with Crippen molar-refractivity contribution in [1.82, 2.24) is 4.98 Å². The van der Waals surface area contributed by atoms with Crippen molar-refractivity contribution in [3.8, 4) is 0 Å². The smallest absolute Gasteiger partial charge is 0.0813 e. The summed E-state index contributed by atoms with van der Waals surface area (Å²) in [5, 5.41) is 0. The molecular weight excluding hydrogens is 206 g/mol. The van der Waals surface area contributed by atoms with Gasteiger partial charge in [-0.05, 0) is 25.1 Å². The molecule has 1 atom stereocenters. The number of fused-ring (bicyclic) bond motifs is 1. The fourth-order valence-corrected chi connectivity index (χ4v) is 2.19. The number of nitrogens with zero attached hydrogens (tertiary/aromatic N) is 2. The number of likely N-dealkylation sites (N-methyl/N-ethyl adjacent to an activating group) is 1. The molecule has 1 unspecified atom stereocenters. The molecule has 2 N–H and O–H groups in total. The van der Waals surface area contributed by atoms with E-state index in [0.29, 0.717) is 12.6 Å². The Morgan fingerprint density at radius 2 is 2.33 bits per heavy atom. The van der Waals surface area contributed by atoms with Crippen LogP contribution in [-0.4, -0.2) is 24.6 Å². The minimum absolute atomic E-state index is 0.357. The van der Waals surface area contributed by atoms with Crippen LogP contribution in [0.15, 0.2) is 23.7 Å². The number of anilines is 1. The van der Waals surface area contributed by atoms with Crippen LogP contribution < -0.4 is 10.6 Å². The van der Waals surface area contributed by atoms with E-state index in [9.17, 15) is 0 Å². The summed E-state index contributed by atoms with van der Waals surface area (Å²) in [6, 6.07) is 6.67. The van der Waals surface area contributed by atoms with Crippen LogP contribution in [0, 0.1) is 0 Å². The van der Waals surface area contributed by atoms with E-state index in [2.05, 4.69) is 42.1 Å². The molecule has 0 aliphatic carbocycles. The van der Waals surface area contributed by atoms with Crippen LogP contribution >= 0.6 is 11.3 Å². The van der Waals surface area contributed by atoms with Gasteiger partial charge in [0.25, 0.3) is 0 Å². The number of nitrogens with two attached hydrogens (primary N) is 1. The Kier molecular flexibility index (Phi) is 2.88. The van der Waals surface area contributed by atoms with Crippen LogP contribution in [0.3, 0.4) is 0 Å². The minimum Gasteiger partial charge on any atom is -0.371 e. The van der Waals surface area contributed by atoms with Gasteiger partial charge in [-0.3, -0.25) is 0 Å². The number of aromatic nitrogens is 1. The highest BCUT2D eigenvalue weighted by molar-refractivity contribution is 7.16. The Bertz CT molecular complexity index is 452. The molecule has 2 rings (SSSR count). The third-order valence-corrected chi connectivity index (χ3v) is 3.52. The SMILES string of the molecule is CC(CN)N(C)c1ccc2ncsc2c1. The average Bonchev–Trinajstić information content (AvgIpc) is 2.73. The molecule has 2 aromatic rings. The third-order valence-electron chi connectivity index (χ3n) is 2.72. The van der Waals surface area contributed by atoms with Gasteiger partial charge in [0.05, 0.1) is 15.7 Å². The molecule has 0 aliphatic heterocycles. The van der Waals surface area contributed by atoms with Crippen molar-refractivity contribution in [3.63, 3.8) is 0 Å². The predicted octanol–water partition coefficient (Wildman–Crippen LogP) is 2.08. The van der Waals surface area contributed by atoms with Gasteiger partial charge in [0.1, 0.15) is 0 Å². The number of benzene rings is 1. The Labute approximate surface area is 93.5 Å². The predicted molar refractivity (Wildman–Crippen MR) is 66.5 cm³/mol. The maximum absolute atomic E-state index is 5.65. The lowest BCUT2D eigenvalue weighted by molar-refractivity contribution is 0.696. The fraction of sp³-hybridized carbons (Fsp3) is 0.364. The van der Waals surface area contributed by atoms with E-state index in [0.717, 1.165) is 5.52 Å². The van der Waals surface area contributed by atoms with Crippen molar-refractivity contribution in [3.05, 3.63) is 23.7 Å². The highest BCUT2D eigenvalue weighted by Crippen LogP contribution is 2.24. The molecule has 0 saturated heterocycles. The quantitative estimate of drug-likeness (QED) is 0.863. The van der Waals surface area contributed by atoms with Crippen LogP contribution in [0.1, 0.15) is 6.92 Å². The van der Waals surface area contributed by atoms with Crippen molar-refractivity contribution in [2.24, 2.45) is 5.73 Å². The summed E-state index contributed by atoms with van der Waals surface area (Å²) in [4.78, 5) is 6.45. The molecular formula is C11H15N3S. The van der Waals surface area contributed by atoms with E-state index in [4.69, 9.17) is 5.73 Å². The number of hydrogen-bond donors (Lipinski definition) is 1. The molecule has 0 amide bonds. The summed E-state index contributed by atoms with van der Waals surface area (Å²) < 4.78 is 1.23. The number of thiazole rings is 1.